The number of hydrogen-bond acceptors (Lipinski definition) is 4. The number of rotatable bonds is 6. The van der Waals surface area contributed by atoms with Crippen LogP contribution < -0.4 is 10.7 Å². The number of hydrazone groups is 1. The predicted molar refractivity (Wildman–Crippen MR) is 128 cm³/mol. The summed E-state index contributed by atoms with van der Waals surface area (Å²) in [6.07, 6.45) is 3.56. The molecule has 0 bridgehead atoms. The zero-order valence-electron chi connectivity index (χ0n) is 17.9. The molecule has 1 heterocycles. The van der Waals surface area contributed by atoms with Gasteiger partial charge in [-0.05, 0) is 42.0 Å². The monoisotopic (exact) mass is 435 g/mol. The van der Waals surface area contributed by atoms with E-state index in [9.17, 15) is 14.9 Å². The van der Waals surface area contributed by atoms with Gasteiger partial charge >= 0.3 is 0 Å². The summed E-state index contributed by atoms with van der Waals surface area (Å²) in [5.74, 6) is -0.528. The van der Waals surface area contributed by atoms with Crippen LogP contribution in [0.2, 0.25) is 0 Å². The molecule has 0 saturated carbocycles. The quantitative estimate of drug-likeness (QED) is 0.349. The van der Waals surface area contributed by atoms with E-state index >= 15 is 0 Å². The Morgan fingerprint density at radius 1 is 1.03 bits per heavy atom. The Labute approximate surface area is 191 Å². The third kappa shape index (κ3) is 4.97. The Bertz CT molecular complexity index is 1390. The first-order chi connectivity index (χ1) is 16.0. The number of nitriles is 1. The average molecular weight is 435 g/mol. The number of para-hydroxylation sites is 1. The van der Waals surface area contributed by atoms with Gasteiger partial charge in [0.2, 0.25) is 5.91 Å². The number of aromatic nitrogens is 1. The Balaban J connectivity index is 1.52. The molecule has 0 spiro atoms. The topological polar surface area (TPSA) is 99.3 Å². The van der Waals surface area contributed by atoms with Crippen molar-refractivity contribution < 1.29 is 9.59 Å². The van der Waals surface area contributed by atoms with Crippen LogP contribution in [-0.2, 0) is 11.3 Å². The molecule has 4 aromatic rings. The zero-order valence-corrected chi connectivity index (χ0v) is 17.9. The second-order valence-corrected chi connectivity index (χ2v) is 7.46. The fourth-order valence-corrected chi connectivity index (χ4v) is 3.59. The molecule has 162 valence electrons. The second-order valence-electron chi connectivity index (χ2n) is 7.46. The largest absolute Gasteiger partial charge is 0.342 e. The summed E-state index contributed by atoms with van der Waals surface area (Å²) in [5.41, 5.74) is 7.01. The number of benzene rings is 3. The molecular weight excluding hydrogens is 414 g/mol. The average Bonchev–Trinajstić information content (AvgIpc) is 3.17. The minimum Gasteiger partial charge on any atom is -0.342 e. The molecule has 0 aliphatic rings. The first kappa shape index (κ1) is 21.5. The third-order valence-corrected chi connectivity index (χ3v) is 5.14. The van der Waals surface area contributed by atoms with Gasteiger partial charge in [-0.3, -0.25) is 9.59 Å². The van der Waals surface area contributed by atoms with Gasteiger partial charge in [0.1, 0.15) is 0 Å². The Morgan fingerprint density at radius 2 is 1.76 bits per heavy atom. The molecule has 33 heavy (non-hydrogen) atoms. The van der Waals surface area contributed by atoms with Crippen molar-refractivity contribution in [1.82, 2.24) is 9.99 Å². The third-order valence-electron chi connectivity index (χ3n) is 5.14. The van der Waals surface area contributed by atoms with Gasteiger partial charge in [0.05, 0.1) is 17.8 Å². The van der Waals surface area contributed by atoms with E-state index in [0.29, 0.717) is 23.4 Å². The number of carbonyl (C=O) groups excluding carboxylic acids is 2. The normalized spacial score (nSPS) is 10.8. The first-order valence-electron chi connectivity index (χ1n) is 10.3. The van der Waals surface area contributed by atoms with Gasteiger partial charge < -0.3 is 9.88 Å². The SMILES string of the molecule is CC(=O)Nc1ccc(C(=O)N/N=C\c2cn(Cc3ccccc3C#N)c3ccccc23)cc1. The lowest BCUT2D eigenvalue weighted by molar-refractivity contribution is -0.114. The lowest BCUT2D eigenvalue weighted by atomic mass is 10.1. The molecule has 2 amide bonds. The molecule has 7 heteroatoms. The zero-order chi connectivity index (χ0) is 23.2. The van der Waals surface area contributed by atoms with Crippen molar-refractivity contribution in [3.05, 3.63) is 101 Å². The molecule has 0 radical (unpaired) electrons. The predicted octanol–water partition coefficient (Wildman–Crippen LogP) is 4.28. The number of fused-ring (bicyclic) bond motifs is 1. The minimum atomic E-state index is -0.354. The first-order valence-corrected chi connectivity index (χ1v) is 10.3. The summed E-state index contributed by atoms with van der Waals surface area (Å²) in [6.45, 7) is 1.97. The summed E-state index contributed by atoms with van der Waals surface area (Å²) >= 11 is 0. The Hall–Kier alpha value is -4.70. The van der Waals surface area contributed by atoms with E-state index in [-0.39, 0.29) is 11.8 Å². The highest BCUT2D eigenvalue weighted by Gasteiger charge is 2.10. The van der Waals surface area contributed by atoms with Crippen LogP contribution in [0.15, 0.2) is 84.1 Å². The van der Waals surface area contributed by atoms with E-state index in [1.165, 1.54) is 6.92 Å². The molecule has 1 aromatic heterocycles. The van der Waals surface area contributed by atoms with Gasteiger partial charge in [-0.1, -0.05) is 36.4 Å². The number of hydrogen-bond donors (Lipinski definition) is 2. The molecule has 0 aliphatic carbocycles. The van der Waals surface area contributed by atoms with Gasteiger partial charge in [-0.15, -0.1) is 0 Å². The van der Waals surface area contributed by atoms with Gasteiger partial charge in [-0.25, -0.2) is 5.43 Å². The fraction of sp³-hybridized carbons (Fsp3) is 0.0769. The van der Waals surface area contributed by atoms with E-state index in [1.54, 1.807) is 30.5 Å². The lowest BCUT2D eigenvalue weighted by Gasteiger charge is -2.07. The van der Waals surface area contributed by atoms with Crippen LogP contribution in [0.5, 0.6) is 0 Å². The molecule has 0 unspecified atom stereocenters. The molecule has 0 saturated heterocycles. The number of nitrogens with one attached hydrogen (secondary N) is 2. The van der Waals surface area contributed by atoms with Crippen molar-refractivity contribution in [2.24, 2.45) is 5.10 Å². The molecular formula is C26H21N5O2. The molecule has 0 fully saturated rings. The van der Waals surface area contributed by atoms with Crippen molar-refractivity contribution in [2.75, 3.05) is 5.32 Å². The van der Waals surface area contributed by atoms with Crippen LogP contribution in [0.25, 0.3) is 10.9 Å². The molecule has 7 nitrogen and oxygen atoms in total. The highest BCUT2D eigenvalue weighted by Crippen LogP contribution is 2.22. The number of nitrogens with zero attached hydrogens (tertiary/aromatic N) is 3. The van der Waals surface area contributed by atoms with Crippen LogP contribution in [-0.4, -0.2) is 22.6 Å². The van der Waals surface area contributed by atoms with Crippen molar-refractivity contribution >= 4 is 34.6 Å². The summed E-state index contributed by atoms with van der Waals surface area (Å²) < 4.78 is 2.06. The van der Waals surface area contributed by atoms with Crippen molar-refractivity contribution in [3.63, 3.8) is 0 Å². The van der Waals surface area contributed by atoms with E-state index in [4.69, 9.17) is 0 Å². The number of carbonyl (C=O) groups is 2. The van der Waals surface area contributed by atoms with Crippen molar-refractivity contribution in [3.8, 4) is 6.07 Å². The van der Waals surface area contributed by atoms with Crippen molar-refractivity contribution in [2.45, 2.75) is 13.5 Å². The second kappa shape index (κ2) is 9.62. The van der Waals surface area contributed by atoms with E-state index < -0.39 is 0 Å². The highest BCUT2D eigenvalue weighted by molar-refractivity contribution is 6.00. The smallest absolute Gasteiger partial charge is 0.271 e. The van der Waals surface area contributed by atoms with Crippen LogP contribution in [0, 0.1) is 11.3 Å². The van der Waals surface area contributed by atoms with E-state index in [1.807, 2.05) is 54.7 Å². The van der Waals surface area contributed by atoms with Gasteiger partial charge in [0.15, 0.2) is 0 Å². The Kier molecular flexibility index (Phi) is 6.28. The minimum absolute atomic E-state index is 0.174. The van der Waals surface area contributed by atoms with Crippen molar-refractivity contribution in [1.29, 1.82) is 5.26 Å². The maximum Gasteiger partial charge on any atom is 0.271 e. The van der Waals surface area contributed by atoms with E-state index in [0.717, 1.165) is 22.0 Å². The number of anilines is 1. The highest BCUT2D eigenvalue weighted by atomic mass is 16.2. The molecule has 0 aliphatic heterocycles. The lowest BCUT2D eigenvalue weighted by Crippen LogP contribution is -2.17. The van der Waals surface area contributed by atoms with Crippen LogP contribution >= 0.6 is 0 Å². The van der Waals surface area contributed by atoms with E-state index in [2.05, 4.69) is 26.5 Å². The Morgan fingerprint density at radius 3 is 2.52 bits per heavy atom. The molecule has 4 rings (SSSR count). The summed E-state index contributed by atoms with van der Waals surface area (Å²) in [5, 5.41) is 17.2. The fourth-order valence-electron chi connectivity index (χ4n) is 3.59. The summed E-state index contributed by atoms with van der Waals surface area (Å²) in [4.78, 5) is 23.5. The maximum atomic E-state index is 12.4. The summed E-state index contributed by atoms with van der Waals surface area (Å²) in [7, 11) is 0. The summed E-state index contributed by atoms with van der Waals surface area (Å²) in [6, 6.07) is 24.2. The van der Waals surface area contributed by atoms with Crippen LogP contribution in [0.3, 0.4) is 0 Å². The van der Waals surface area contributed by atoms with Gasteiger partial charge in [-0.2, -0.15) is 10.4 Å². The van der Waals surface area contributed by atoms with Gasteiger partial charge in [0, 0.05) is 47.4 Å². The molecule has 3 aromatic carbocycles. The van der Waals surface area contributed by atoms with Gasteiger partial charge in [0.25, 0.3) is 5.91 Å². The molecule has 0 atom stereocenters. The van der Waals surface area contributed by atoms with Crippen LogP contribution in [0.1, 0.15) is 34.0 Å². The van der Waals surface area contributed by atoms with Crippen LogP contribution in [0.4, 0.5) is 5.69 Å². The molecule has 2 N–H and O–H groups in total. The number of amides is 2. The standard InChI is InChI=1S/C26H21N5O2/c1-18(32)29-23-12-10-19(11-13-23)26(33)30-28-15-22-17-31(25-9-5-4-8-24(22)25)16-21-7-3-2-6-20(21)14-27/h2-13,15,17H,16H2,1H3,(H,29,32)(H,30,33)/b28-15-. The maximum absolute atomic E-state index is 12.4.